The molecular formula is C25H27NO4. The van der Waals surface area contributed by atoms with Crippen LogP contribution in [0.25, 0.3) is 0 Å². The molecule has 0 aliphatic carbocycles. The van der Waals surface area contributed by atoms with Gasteiger partial charge in [0.05, 0.1) is 19.8 Å². The molecule has 0 heterocycles. The number of hydrogen-bond donors (Lipinski definition) is 1. The smallest absolute Gasteiger partial charge is 0.255 e. The molecule has 0 atom stereocenters. The number of amides is 1. The van der Waals surface area contributed by atoms with E-state index in [0.29, 0.717) is 38.6 Å². The number of ether oxygens (including phenoxy) is 3. The highest BCUT2D eigenvalue weighted by Gasteiger charge is 2.07. The molecule has 0 spiro atoms. The molecular weight excluding hydrogens is 378 g/mol. The molecule has 0 fully saturated rings. The number of benzene rings is 3. The first-order valence-electron chi connectivity index (χ1n) is 10.1. The summed E-state index contributed by atoms with van der Waals surface area (Å²) in [4.78, 5) is 12.5. The van der Waals surface area contributed by atoms with E-state index in [2.05, 4.69) is 5.32 Å². The Morgan fingerprint density at radius 1 is 0.800 bits per heavy atom. The van der Waals surface area contributed by atoms with Gasteiger partial charge in [-0.05, 0) is 54.4 Å². The average molecular weight is 405 g/mol. The summed E-state index contributed by atoms with van der Waals surface area (Å²) in [6.45, 7) is 4.74. The zero-order valence-electron chi connectivity index (χ0n) is 17.2. The van der Waals surface area contributed by atoms with Crippen LogP contribution in [-0.4, -0.2) is 25.7 Å². The van der Waals surface area contributed by atoms with Crippen molar-refractivity contribution in [3.63, 3.8) is 0 Å². The SMILES string of the molecule is CCOCCOCc1cccc(NC(=O)c2ccc(OCc3ccccc3)cc2)c1. The van der Waals surface area contributed by atoms with Crippen molar-refractivity contribution in [3.8, 4) is 5.75 Å². The summed E-state index contributed by atoms with van der Waals surface area (Å²) < 4.78 is 16.6. The van der Waals surface area contributed by atoms with Gasteiger partial charge in [-0.25, -0.2) is 0 Å². The van der Waals surface area contributed by atoms with E-state index in [1.807, 2.05) is 61.5 Å². The van der Waals surface area contributed by atoms with Crippen LogP contribution in [0.2, 0.25) is 0 Å². The highest BCUT2D eigenvalue weighted by atomic mass is 16.5. The number of carbonyl (C=O) groups is 1. The molecule has 0 aromatic heterocycles. The predicted molar refractivity (Wildman–Crippen MR) is 118 cm³/mol. The third-order valence-electron chi connectivity index (χ3n) is 4.39. The van der Waals surface area contributed by atoms with E-state index in [1.165, 1.54) is 0 Å². The quantitative estimate of drug-likeness (QED) is 0.453. The lowest BCUT2D eigenvalue weighted by Crippen LogP contribution is -2.12. The maximum absolute atomic E-state index is 12.5. The van der Waals surface area contributed by atoms with Gasteiger partial charge in [-0.3, -0.25) is 4.79 Å². The number of carbonyl (C=O) groups excluding carboxylic acids is 1. The van der Waals surface area contributed by atoms with Crippen LogP contribution in [-0.2, 0) is 22.7 Å². The number of hydrogen-bond acceptors (Lipinski definition) is 4. The summed E-state index contributed by atoms with van der Waals surface area (Å²) in [5.74, 6) is 0.556. The Kier molecular flexibility index (Phi) is 8.45. The first-order valence-corrected chi connectivity index (χ1v) is 10.1. The lowest BCUT2D eigenvalue weighted by atomic mass is 10.1. The molecule has 3 aromatic rings. The summed E-state index contributed by atoms with van der Waals surface area (Å²) in [6, 6.07) is 24.7. The van der Waals surface area contributed by atoms with Gasteiger partial charge in [-0.1, -0.05) is 42.5 Å². The standard InChI is InChI=1S/C25H27NO4/c1-2-28-15-16-29-18-21-9-6-10-23(17-21)26-25(27)22-11-13-24(14-12-22)30-19-20-7-4-3-5-8-20/h3-14,17H,2,15-16,18-19H2,1H3,(H,26,27). The zero-order chi connectivity index (χ0) is 21.0. The molecule has 3 aromatic carbocycles. The van der Waals surface area contributed by atoms with Crippen molar-refractivity contribution in [1.29, 1.82) is 0 Å². The van der Waals surface area contributed by atoms with E-state index in [-0.39, 0.29) is 5.91 Å². The Labute approximate surface area is 177 Å². The van der Waals surface area contributed by atoms with Crippen molar-refractivity contribution < 1.29 is 19.0 Å². The molecule has 0 unspecified atom stereocenters. The van der Waals surface area contributed by atoms with E-state index in [9.17, 15) is 4.79 Å². The van der Waals surface area contributed by atoms with Gasteiger partial charge in [0, 0.05) is 17.9 Å². The maximum Gasteiger partial charge on any atom is 0.255 e. The van der Waals surface area contributed by atoms with Gasteiger partial charge in [-0.15, -0.1) is 0 Å². The van der Waals surface area contributed by atoms with Crippen LogP contribution < -0.4 is 10.1 Å². The minimum Gasteiger partial charge on any atom is -0.489 e. The Morgan fingerprint density at radius 3 is 2.30 bits per heavy atom. The third kappa shape index (κ3) is 7.03. The Bertz CT molecular complexity index is 910. The molecule has 0 saturated heterocycles. The second-order valence-corrected chi connectivity index (χ2v) is 6.70. The largest absolute Gasteiger partial charge is 0.489 e. The fraction of sp³-hybridized carbons (Fsp3) is 0.240. The van der Waals surface area contributed by atoms with E-state index in [0.717, 1.165) is 22.6 Å². The topological polar surface area (TPSA) is 56.8 Å². The van der Waals surface area contributed by atoms with Gasteiger partial charge < -0.3 is 19.5 Å². The maximum atomic E-state index is 12.5. The number of nitrogens with one attached hydrogen (secondary N) is 1. The molecule has 0 aliphatic heterocycles. The normalized spacial score (nSPS) is 10.6. The fourth-order valence-corrected chi connectivity index (χ4v) is 2.84. The second-order valence-electron chi connectivity index (χ2n) is 6.70. The number of rotatable bonds is 11. The van der Waals surface area contributed by atoms with Gasteiger partial charge in [0.1, 0.15) is 12.4 Å². The first-order chi connectivity index (χ1) is 14.7. The second kappa shape index (κ2) is 11.8. The highest BCUT2D eigenvalue weighted by molar-refractivity contribution is 6.04. The van der Waals surface area contributed by atoms with Crippen LogP contribution in [0.1, 0.15) is 28.4 Å². The van der Waals surface area contributed by atoms with Crippen LogP contribution in [0.15, 0.2) is 78.9 Å². The molecule has 5 heteroatoms. The van der Waals surface area contributed by atoms with Gasteiger partial charge in [-0.2, -0.15) is 0 Å². The van der Waals surface area contributed by atoms with Crippen molar-refractivity contribution in [1.82, 2.24) is 0 Å². The van der Waals surface area contributed by atoms with Crippen molar-refractivity contribution in [3.05, 3.63) is 95.6 Å². The summed E-state index contributed by atoms with van der Waals surface area (Å²) >= 11 is 0. The van der Waals surface area contributed by atoms with E-state index < -0.39 is 0 Å². The summed E-state index contributed by atoms with van der Waals surface area (Å²) in [5, 5.41) is 2.93. The Hall–Kier alpha value is -3.15. The van der Waals surface area contributed by atoms with Gasteiger partial charge in [0.2, 0.25) is 0 Å². The summed E-state index contributed by atoms with van der Waals surface area (Å²) in [5.41, 5.74) is 3.39. The van der Waals surface area contributed by atoms with E-state index in [4.69, 9.17) is 14.2 Å². The minimum absolute atomic E-state index is 0.168. The van der Waals surface area contributed by atoms with Crippen LogP contribution >= 0.6 is 0 Å². The van der Waals surface area contributed by atoms with Gasteiger partial charge in [0.15, 0.2) is 0 Å². The Balaban J connectivity index is 1.50. The fourth-order valence-electron chi connectivity index (χ4n) is 2.84. The molecule has 156 valence electrons. The molecule has 0 saturated carbocycles. The van der Waals surface area contributed by atoms with Crippen molar-refractivity contribution in [2.45, 2.75) is 20.1 Å². The lowest BCUT2D eigenvalue weighted by Gasteiger charge is -2.10. The summed E-state index contributed by atoms with van der Waals surface area (Å²) in [7, 11) is 0. The third-order valence-corrected chi connectivity index (χ3v) is 4.39. The average Bonchev–Trinajstić information content (AvgIpc) is 2.79. The molecule has 30 heavy (non-hydrogen) atoms. The van der Waals surface area contributed by atoms with Crippen molar-refractivity contribution in [2.24, 2.45) is 0 Å². The first kappa shape index (κ1) is 21.6. The molecule has 3 rings (SSSR count). The summed E-state index contributed by atoms with van der Waals surface area (Å²) in [6.07, 6.45) is 0. The highest BCUT2D eigenvalue weighted by Crippen LogP contribution is 2.17. The Morgan fingerprint density at radius 2 is 1.53 bits per heavy atom. The molecule has 0 aliphatic rings. The number of anilines is 1. The molecule has 0 bridgehead atoms. The van der Waals surface area contributed by atoms with Crippen LogP contribution in [0.5, 0.6) is 5.75 Å². The monoisotopic (exact) mass is 405 g/mol. The van der Waals surface area contributed by atoms with Crippen molar-refractivity contribution >= 4 is 11.6 Å². The van der Waals surface area contributed by atoms with Crippen molar-refractivity contribution in [2.75, 3.05) is 25.1 Å². The van der Waals surface area contributed by atoms with Crippen LogP contribution in [0.3, 0.4) is 0 Å². The van der Waals surface area contributed by atoms with E-state index in [1.54, 1.807) is 24.3 Å². The predicted octanol–water partition coefficient (Wildman–Crippen LogP) is 5.07. The van der Waals surface area contributed by atoms with Crippen LogP contribution in [0, 0.1) is 0 Å². The molecule has 1 amide bonds. The minimum atomic E-state index is -0.168. The van der Waals surface area contributed by atoms with Crippen LogP contribution in [0.4, 0.5) is 5.69 Å². The zero-order valence-corrected chi connectivity index (χ0v) is 17.2. The molecule has 0 radical (unpaired) electrons. The van der Waals surface area contributed by atoms with Gasteiger partial charge in [0.25, 0.3) is 5.91 Å². The molecule has 5 nitrogen and oxygen atoms in total. The van der Waals surface area contributed by atoms with E-state index >= 15 is 0 Å². The lowest BCUT2D eigenvalue weighted by molar-refractivity contribution is 0.0453. The molecule has 1 N–H and O–H groups in total. The van der Waals surface area contributed by atoms with Gasteiger partial charge >= 0.3 is 0 Å².